The minimum atomic E-state index is -0.306. The second-order valence-corrected chi connectivity index (χ2v) is 11.2. The summed E-state index contributed by atoms with van der Waals surface area (Å²) in [5.74, 6) is 0.899. The zero-order chi connectivity index (χ0) is 23.9. The molecule has 2 aliphatic carbocycles. The van der Waals surface area contributed by atoms with Gasteiger partial charge in [0.2, 0.25) is 5.95 Å². The lowest BCUT2D eigenvalue weighted by atomic mass is 9.73. The number of ketones is 2. The van der Waals surface area contributed by atoms with E-state index in [2.05, 4.69) is 39.0 Å². The number of H-pyrrole nitrogens is 1. The lowest BCUT2D eigenvalue weighted by Gasteiger charge is -2.30. The van der Waals surface area contributed by atoms with E-state index in [0.29, 0.717) is 42.3 Å². The summed E-state index contributed by atoms with van der Waals surface area (Å²) in [5.41, 5.74) is 9.94. The van der Waals surface area contributed by atoms with E-state index >= 15 is 0 Å². The van der Waals surface area contributed by atoms with Gasteiger partial charge in [0.05, 0.1) is 17.8 Å². The molecule has 0 bridgehead atoms. The normalized spacial score (nSPS) is 17.2. The van der Waals surface area contributed by atoms with Gasteiger partial charge in [0.1, 0.15) is 22.2 Å². The van der Waals surface area contributed by atoms with Crippen LogP contribution >= 0.6 is 11.3 Å². The topological polar surface area (TPSA) is 128 Å². The Balaban J connectivity index is 1.30. The number of thiazole rings is 1. The minimum Gasteiger partial charge on any atom is -0.368 e. The van der Waals surface area contributed by atoms with Crippen molar-refractivity contribution < 1.29 is 9.59 Å². The molecule has 9 heteroatoms. The standard InChI is InChI=1S/C25H30N6O2S/c1-25(2)11-15-12-27-24(26)29-21(15)23-20(25)22(30-31-23)18(33)10-19-28-16(13-34-19)9-17(32)8-14-6-4-3-5-7-14/h12-14H,3-11H2,1-2H3,(H,30,31)(H2,26,27,29). The number of rotatable bonds is 7. The summed E-state index contributed by atoms with van der Waals surface area (Å²) in [4.78, 5) is 38.9. The van der Waals surface area contributed by atoms with E-state index in [4.69, 9.17) is 5.73 Å². The fraction of sp³-hybridized carbons (Fsp3) is 0.520. The van der Waals surface area contributed by atoms with Gasteiger partial charge in [0.25, 0.3) is 0 Å². The van der Waals surface area contributed by atoms with Crippen LogP contribution in [0.1, 0.15) is 84.7 Å². The first-order valence-corrected chi connectivity index (χ1v) is 12.9. The number of nitrogens with one attached hydrogen (secondary N) is 1. The molecule has 0 unspecified atom stereocenters. The van der Waals surface area contributed by atoms with Crippen LogP contribution in [0.2, 0.25) is 0 Å². The molecule has 8 nitrogen and oxygen atoms in total. The molecular formula is C25H30N6O2S. The fourth-order valence-corrected chi connectivity index (χ4v) is 6.21. The van der Waals surface area contributed by atoms with E-state index in [-0.39, 0.29) is 29.4 Å². The van der Waals surface area contributed by atoms with Gasteiger partial charge in [-0.1, -0.05) is 46.0 Å². The first-order valence-electron chi connectivity index (χ1n) is 12.0. The first kappa shape index (κ1) is 22.8. The summed E-state index contributed by atoms with van der Waals surface area (Å²) in [6, 6.07) is 0. The van der Waals surface area contributed by atoms with Crippen LogP contribution in [0.4, 0.5) is 5.95 Å². The zero-order valence-corrected chi connectivity index (χ0v) is 20.5. The largest absolute Gasteiger partial charge is 0.368 e. The molecule has 34 heavy (non-hydrogen) atoms. The summed E-state index contributed by atoms with van der Waals surface area (Å²) in [7, 11) is 0. The Bertz CT molecular complexity index is 1240. The maximum atomic E-state index is 13.3. The van der Waals surface area contributed by atoms with Crippen LogP contribution in [0, 0.1) is 5.92 Å². The molecule has 0 saturated heterocycles. The molecule has 0 aromatic carbocycles. The third-order valence-corrected chi connectivity index (χ3v) is 7.89. The van der Waals surface area contributed by atoms with E-state index in [1.807, 2.05) is 5.38 Å². The third kappa shape index (κ3) is 4.53. The highest BCUT2D eigenvalue weighted by atomic mass is 32.1. The van der Waals surface area contributed by atoms with Crippen LogP contribution in [-0.2, 0) is 29.5 Å². The fourth-order valence-electron chi connectivity index (χ4n) is 5.42. The molecule has 1 fully saturated rings. The van der Waals surface area contributed by atoms with Gasteiger partial charge in [0, 0.05) is 30.0 Å². The molecule has 5 rings (SSSR count). The molecule has 0 radical (unpaired) electrons. The molecule has 0 spiro atoms. The highest BCUT2D eigenvalue weighted by molar-refractivity contribution is 7.09. The van der Waals surface area contributed by atoms with Gasteiger partial charge in [-0.15, -0.1) is 11.3 Å². The predicted octanol–water partition coefficient (Wildman–Crippen LogP) is 4.25. The minimum absolute atomic E-state index is 0.0678. The number of carbonyl (C=O) groups is 2. The Morgan fingerprint density at radius 3 is 2.74 bits per heavy atom. The average Bonchev–Trinajstić information content (AvgIpc) is 3.43. The Labute approximate surface area is 202 Å². The summed E-state index contributed by atoms with van der Waals surface area (Å²) in [5, 5.41) is 10.0. The smallest absolute Gasteiger partial charge is 0.220 e. The van der Waals surface area contributed by atoms with Crippen molar-refractivity contribution in [3.05, 3.63) is 39.1 Å². The molecule has 1 saturated carbocycles. The van der Waals surface area contributed by atoms with Gasteiger partial charge >= 0.3 is 0 Å². The van der Waals surface area contributed by atoms with Crippen molar-refractivity contribution in [1.82, 2.24) is 25.1 Å². The molecule has 0 atom stereocenters. The number of aromatic nitrogens is 5. The number of nitrogen functional groups attached to an aromatic ring is 1. The van der Waals surface area contributed by atoms with Crippen LogP contribution in [0.15, 0.2) is 11.6 Å². The molecule has 3 N–H and O–H groups in total. The molecule has 3 aromatic rings. The lowest BCUT2D eigenvalue weighted by molar-refractivity contribution is -0.119. The third-order valence-electron chi connectivity index (χ3n) is 6.99. The molecule has 0 aliphatic heterocycles. The van der Waals surface area contributed by atoms with Gasteiger partial charge in [0.15, 0.2) is 5.78 Å². The van der Waals surface area contributed by atoms with Crippen LogP contribution in [-0.4, -0.2) is 36.7 Å². The number of anilines is 1. The van der Waals surface area contributed by atoms with Crippen LogP contribution in [0.25, 0.3) is 11.4 Å². The lowest BCUT2D eigenvalue weighted by Crippen LogP contribution is -2.28. The van der Waals surface area contributed by atoms with E-state index in [0.717, 1.165) is 34.7 Å². The predicted molar refractivity (Wildman–Crippen MR) is 131 cm³/mol. The Kier molecular flexibility index (Phi) is 6.06. The summed E-state index contributed by atoms with van der Waals surface area (Å²) in [6.07, 6.45) is 9.70. The highest BCUT2D eigenvalue weighted by Gasteiger charge is 2.38. The van der Waals surface area contributed by atoms with Gasteiger partial charge < -0.3 is 5.73 Å². The van der Waals surface area contributed by atoms with Gasteiger partial charge in [-0.3, -0.25) is 14.7 Å². The monoisotopic (exact) mass is 478 g/mol. The Morgan fingerprint density at radius 1 is 1.15 bits per heavy atom. The maximum Gasteiger partial charge on any atom is 0.220 e. The number of fused-ring (bicyclic) bond motifs is 3. The van der Waals surface area contributed by atoms with Crippen molar-refractivity contribution in [3.63, 3.8) is 0 Å². The van der Waals surface area contributed by atoms with Crippen molar-refractivity contribution >= 4 is 28.9 Å². The van der Waals surface area contributed by atoms with E-state index in [1.54, 1.807) is 6.20 Å². The zero-order valence-electron chi connectivity index (χ0n) is 19.7. The van der Waals surface area contributed by atoms with Crippen molar-refractivity contribution in [1.29, 1.82) is 0 Å². The van der Waals surface area contributed by atoms with Crippen molar-refractivity contribution in [2.75, 3.05) is 5.73 Å². The Morgan fingerprint density at radius 2 is 1.94 bits per heavy atom. The average molecular weight is 479 g/mol. The number of nitrogens with zero attached hydrogens (tertiary/aromatic N) is 4. The summed E-state index contributed by atoms with van der Waals surface area (Å²) >= 11 is 1.44. The van der Waals surface area contributed by atoms with E-state index in [1.165, 1.54) is 30.6 Å². The molecule has 2 aliphatic rings. The van der Waals surface area contributed by atoms with Crippen LogP contribution in [0.5, 0.6) is 0 Å². The van der Waals surface area contributed by atoms with Crippen molar-refractivity contribution in [2.24, 2.45) is 5.92 Å². The first-order chi connectivity index (χ1) is 16.3. The number of hydrogen-bond acceptors (Lipinski definition) is 8. The van der Waals surface area contributed by atoms with E-state index in [9.17, 15) is 9.59 Å². The van der Waals surface area contributed by atoms with Crippen LogP contribution < -0.4 is 5.73 Å². The number of aromatic amines is 1. The van der Waals surface area contributed by atoms with Crippen molar-refractivity contribution in [3.8, 4) is 11.4 Å². The second kappa shape index (κ2) is 9.02. The maximum absolute atomic E-state index is 13.3. The van der Waals surface area contributed by atoms with Crippen LogP contribution in [0.3, 0.4) is 0 Å². The molecule has 178 valence electrons. The molecular weight excluding hydrogens is 448 g/mol. The molecule has 3 aromatic heterocycles. The number of carbonyl (C=O) groups excluding carboxylic acids is 2. The summed E-state index contributed by atoms with van der Waals surface area (Å²) < 4.78 is 0. The summed E-state index contributed by atoms with van der Waals surface area (Å²) in [6.45, 7) is 4.19. The Hall–Kier alpha value is -2.94. The van der Waals surface area contributed by atoms with E-state index < -0.39 is 0 Å². The highest BCUT2D eigenvalue weighted by Crippen LogP contribution is 2.43. The van der Waals surface area contributed by atoms with Gasteiger partial charge in [-0.2, -0.15) is 5.10 Å². The number of hydrogen-bond donors (Lipinski definition) is 2. The molecule has 0 amide bonds. The van der Waals surface area contributed by atoms with Gasteiger partial charge in [-0.05, 0) is 23.3 Å². The number of nitrogens with two attached hydrogens (primary N) is 1. The molecule has 3 heterocycles. The van der Waals surface area contributed by atoms with Crippen molar-refractivity contribution in [2.45, 2.75) is 77.0 Å². The SMILES string of the molecule is CC1(C)Cc2cnc(N)nc2-c2n[nH]c(C(=O)Cc3nc(CC(=O)CC4CCCCC4)cs3)c21. The second-order valence-electron chi connectivity index (χ2n) is 10.2. The number of Topliss-reactive ketones (excluding diaryl/α,β-unsaturated/α-hetero) is 2. The quantitative estimate of drug-likeness (QED) is 0.486. The van der Waals surface area contributed by atoms with Gasteiger partial charge in [-0.25, -0.2) is 15.0 Å².